The number of benzene rings is 2. The maximum absolute atomic E-state index is 14.0. The van der Waals surface area contributed by atoms with Crippen LogP contribution in [0, 0.1) is 11.6 Å². The van der Waals surface area contributed by atoms with Crippen molar-refractivity contribution in [3.05, 3.63) is 77.3 Å². The van der Waals surface area contributed by atoms with E-state index in [1.807, 2.05) is 13.8 Å². The van der Waals surface area contributed by atoms with E-state index >= 15 is 0 Å². The van der Waals surface area contributed by atoms with Gasteiger partial charge in [-0.1, -0.05) is 17.3 Å². The monoisotopic (exact) mass is 468 g/mol. The van der Waals surface area contributed by atoms with Crippen molar-refractivity contribution in [1.82, 2.24) is 20.4 Å². The largest absolute Gasteiger partial charge is 0.379 e. The lowest BCUT2D eigenvalue weighted by Crippen LogP contribution is -2.46. The summed E-state index contributed by atoms with van der Waals surface area (Å²) in [5.41, 5.74) is 2.32. The van der Waals surface area contributed by atoms with Gasteiger partial charge in [-0.15, -0.1) is 0 Å². The molecule has 7 nitrogen and oxygen atoms in total. The first-order chi connectivity index (χ1) is 16.3. The van der Waals surface area contributed by atoms with Crippen LogP contribution in [-0.2, 0) is 4.74 Å². The Hall–Kier alpha value is -3.59. The Bertz CT molecular complexity index is 1190. The maximum Gasteiger partial charge on any atom is 0.322 e. The van der Waals surface area contributed by atoms with Gasteiger partial charge in [-0.3, -0.25) is 4.90 Å². The Kier molecular flexibility index (Phi) is 7.02. The molecule has 9 heteroatoms. The summed E-state index contributed by atoms with van der Waals surface area (Å²) in [6.07, 6.45) is 0.730. The summed E-state index contributed by atoms with van der Waals surface area (Å²) in [5.74, 6) is -0.324. The molecule has 0 fully saturated rings. The Labute approximate surface area is 196 Å². The average Bonchev–Trinajstić information content (AvgIpc) is 3.28. The molecule has 0 saturated heterocycles. The number of amides is 2. The van der Waals surface area contributed by atoms with Crippen molar-refractivity contribution in [3.63, 3.8) is 0 Å². The lowest BCUT2D eigenvalue weighted by Gasteiger charge is -2.35. The van der Waals surface area contributed by atoms with Crippen LogP contribution in [0.1, 0.15) is 44.7 Å². The first kappa shape index (κ1) is 23.6. The summed E-state index contributed by atoms with van der Waals surface area (Å²) < 4.78 is 38.5. The second-order valence-corrected chi connectivity index (χ2v) is 8.29. The Morgan fingerprint density at radius 1 is 1.15 bits per heavy atom. The fourth-order valence-electron chi connectivity index (χ4n) is 3.85. The molecule has 0 bridgehead atoms. The highest BCUT2D eigenvalue weighted by molar-refractivity contribution is 5.86. The van der Waals surface area contributed by atoms with Gasteiger partial charge < -0.3 is 14.6 Å². The normalized spacial score (nSPS) is 16.4. The lowest BCUT2D eigenvalue weighted by molar-refractivity contribution is 0.0736. The third-order valence-electron chi connectivity index (χ3n) is 5.51. The van der Waals surface area contributed by atoms with Gasteiger partial charge in [0.1, 0.15) is 11.6 Å². The summed E-state index contributed by atoms with van der Waals surface area (Å²) in [5, 5.41) is 6.98. The highest BCUT2D eigenvalue weighted by Gasteiger charge is 2.35. The van der Waals surface area contributed by atoms with Crippen LogP contribution in [0.15, 0.2) is 58.8 Å². The number of rotatable bonds is 8. The number of hydrogen-bond acceptors (Lipinski definition) is 5. The zero-order valence-corrected chi connectivity index (χ0v) is 19.2. The van der Waals surface area contributed by atoms with Crippen molar-refractivity contribution in [1.29, 1.82) is 0 Å². The summed E-state index contributed by atoms with van der Waals surface area (Å²) >= 11 is 0. The number of carbonyl (C=O) groups is 1. The third-order valence-corrected chi connectivity index (χ3v) is 5.51. The lowest BCUT2D eigenvalue weighted by atomic mass is 9.94. The Balaban J connectivity index is 1.71. The van der Waals surface area contributed by atoms with E-state index in [1.165, 1.54) is 24.3 Å². The average molecular weight is 469 g/mol. The number of nitrogens with zero attached hydrogens (tertiary/aromatic N) is 3. The van der Waals surface area contributed by atoms with Crippen LogP contribution in [0.25, 0.3) is 17.0 Å². The highest BCUT2D eigenvalue weighted by atomic mass is 19.1. The van der Waals surface area contributed by atoms with E-state index in [-0.39, 0.29) is 29.7 Å². The van der Waals surface area contributed by atoms with Gasteiger partial charge in [0.15, 0.2) is 0 Å². The van der Waals surface area contributed by atoms with E-state index in [0.717, 1.165) is 0 Å². The molecule has 0 aliphatic carbocycles. The molecule has 1 N–H and O–H groups in total. The molecule has 0 radical (unpaired) electrons. The number of ether oxygens (including phenoxy) is 1. The zero-order valence-electron chi connectivity index (χ0n) is 19.2. The minimum absolute atomic E-state index is 0.100. The number of urea groups is 1. The van der Waals surface area contributed by atoms with Crippen LogP contribution >= 0.6 is 0 Å². The molecule has 178 valence electrons. The SMILES string of the molecule is CC1=C(c2nc(-c3ccc(F)cc3)no2)C(c2cccc(F)c2)NC(=O)N1CCCOC(C)C. The summed E-state index contributed by atoms with van der Waals surface area (Å²) in [4.78, 5) is 19.1. The molecular formula is C25H26F2N4O3. The summed E-state index contributed by atoms with van der Waals surface area (Å²) in [6, 6.07) is 10.7. The van der Waals surface area contributed by atoms with Crippen LogP contribution in [0.2, 0.25) is 0 Å². The topological polar surface area (TPSA) is 80.5 Å². The third kappa shape index (κ3) is 5.14. The molecule has 4 rings (SSSR count). The predicted octanol–water partition coefficient (Wildman–Crippen LogP) is 5.33. The van der Waals surface area contributed by atoms with Crippen molar-refractivity contribution in [2.45, 2.75) is 39.3 Å². The maximum atomic E-state index is 14.0. The molecule has 34 heavy (non-hydrogen) atoms. The van der Waals surface area contributed by atoms with Crippen LogP contribution in [-0.4, -0.2) is 40.3 Å². The minimum atomic E-state index is -0.687. The van der Waals surface area contributed by atoms with Gasteiger partial charge in [-0.25, -0.2) is 13.6 Å². The van der Waals surface area contributed by atoms with Gasteiger partial charge in [0, 0.05) is 24.4 Å². The highest BCUT2D eigenvalue weighted by Crippen LogP contribution is 2.37. The van der Waals surface area contributed by atoms with Crippen molar-refractivity contribution in [2.75, 3.05) is 13.2 Å². The van der Waals surface area contributed by atoms with E-state index in [9.17, 15) is 13.6 Å². The summed E-state index contributed by atoms with van der Waals surface area (Å²) in [6.45, 7) is 6.63. The molecule has 1 aliphatic heterocycles. The minimum Gasteiger partial charge on any atom is -0.379 e. The fourth-order valence-corrected chi connectivity index (χ4v) is 3.85. The molecule has 1 atom stereocenters. The molecule has 3 aromatic rings. The van der Waals surface area contributed by atoms with Crippen molar-refractivity contribution < 1.29 is 22.8 Å². The van der Waals surface area contributed by atoms with Crippen LogP contribution in [0.3, 0.4) is 0 Å². The molecule has 0 spiro atoms. The van der Waals surface area contributed by atoms with E-state index in [4.69, 9.17) is 9.26 Å². The fraction of sp³-hybridized carbons (Fsp3) is 0.320. The first-order valence-electron chi connectivity index (χ1n) is 11.1. The molecule has 1 aromatic heterocycles. The molecule has 2 amide bonds. The molecular weight excluding hydrogens is 442 g/mol. The van der Waals surface area contributed by atoms with Crippen LogP contribution in [0.5, 0.6) is 0 Å². The van der Waals surface area contributed by atoms with Gasteiger partial charge in [0.25, 0.3) is 5.89 Å². The predicted molar refractivity (Wildman–Crippen MR) is 122 cm³/mol. The first-order valence-corrected chi connectivity index (χ1v) is 11.1. The second-order valence-electron chi connectivity index (χ2n) is 8.29. The number of aromatic nitrogens is 2. The van der Waals surface area contributed by atoms with Crippen LogP contribution in [0.4, 0.5) is 13.6 Å². The number of halogens is 2. The quantitative estimate of drug-likeness (QED) is 0.452. The van der Waals surface area contributed by atoms with Crippen molar-refractivity contribution in [2.24, 2.45) is 0 Å². The van der Waals surface area contributed by atoms with Gasteiger partial charge in [-0.2, -0.15) is 4.98 Å². The molecule has 0 saturated carbocycles. The number of allylic oxidation sites excluding steroid dienone is 1. The molecule has 2 aromatic carbocycles. The zero-order chi connectivity index (χ0) is 24.2. The van der Waals surface area contributed by atoms with Gasteiger partial charge in [0.2, 0.25) is 5.82 Å². The molecule has 2 heterocycles. The van der Waals surface area contributed by atoms with E-state index in [0.29, 0.717) is 42.0 Å². The number of nitrogens with one attached hydrogen (secondary N) is 1. The van der Waals surface area contributed by atoms with E-state index in [1.54, 1.807) is 36.1 Å². The molecule has 1 unspecified atom stereocenters. The number of hydrogen-bond donors (Lipinski definition) is 1. The summed E-state index contributed by atoms with van der Waals surface area (Å²) in [7, 11) is 0. The van der Waals surface area contributed by atoms with E-state index < -0.39 is 11.9 Å². The van der Waals surface area contributed by atoms with Gasteiger partial charge >= 0.3 is 6.03 Å². The van der Waals surface area contributed by atoms with Crippen molar-refractivity contribution >= 4 is 11.6 Å². The standard InChI is InChI=1S/C25H26F2N4O3/c1-15(2)33-13-5-12-31-16(3)21(22(28-25(31)32)18-6-4-7-20(27)14-18)24-29-23(30-34-24)17-8-10-19(26)11-9-17/h4,6-11,14-15,22H,5,12-13H2,1-3H3,(H,28,32). The number of carbonyl (C=O) groups excluding carboxylic acids is 1. The van der Waals surface area contributed by atoms with Gasteiger partial charge in [-0.05, 0) is 69.2 Å². The van der Waals surface area contributed by atoms with E-state index in [2.05, 4.69) is 15.5 Å². The second kappa shape index (κ2) is 10.1. The Morgan fingerprint density at radius 3 is 2.62 bits per heavy atom. The van der Waals surface area contributed by atoms with Crippen LogP contribution < -0.4 is 5.32 Å². The Morgan fingerprint density at radius 2 is 1.91 bits per heavy atom. The van der Waals surface area contributed by atoms with Gasteiger partial charge in [0.05, 0.1) is 17.7 Å². The van der Waals surface area contributed by atoms with Crippen molar-refractivity contribution in [3.8, 4) is 11.4 Å². The molecule has 1 aliphatic rings. The smallest absolute Gasteiger partial charge is 0.322 e.